The molecule has 0 saturated carbocycles. The van der Waals surface area contributed by atoms with Gasteiger partial charge in [-0.2, -0.15) is 0 Å². The van der Waals surface area contributed by atoms with Gasteiger partial charge >= 0.3 is 0 Å². The Hall–Kier alpha value is 0.650. The number of piperidine rings is 1. The van der Waals surface area contributed by atoms with E-state index in [2.05, 4.69) is 37.9 Å². The average Bonchev–Trinajstić information content (AvgIpc) is 2.32. The summed E-state index contributed by atoms with van der Waals surface area (Å²) in [7, 11) is 2.24. The van der Waals surface area contributed by atoms with Crippen LogP contribution >= 0.6 is 22.9 Å². The first kappa shape index (κ1) is 8.26. The zero-order valence-electron chi connectivity index (χ0n) is 6.96. The number of fused-ring (bicyclic) bond motifs is 1. The standard InChI is InChI=1S/C8H15IN2/c1-10-4-3-8-7(6-10)2-5-11(8)9/h7-8H,2-6H2,1H3. The smallest absolute Gasteiger partial charge is 0.0247 e. The van der Waals surface area contributed by atoms with Crippen molar-refractivity contribution in [3.05, 3.63) is 0 Å². The van der Waals surface area contributed by atoms with Crippen molar-refractivity contribution in [3.8, 4) is 0 Å². The lowest BCUT2D eigenvalue weighted by atomic mass is 9.94. The van der Waals surface area contributed by atoms with E-state index in [1.165, 1.54) is 32.5 Å². The highest BCUT2D eigenvalue weighted by molar-refractivity contribution is 14.1. The van der Waals surface area contributed by atoms with Crippen molar-refractivity contribution in [2.75, 3.05) is 26.7 Å². The van der Waals surface area contributed by atoms with E-state index in [4.69, 9.17) is 0 Å². The predicted molar refractivity (Wildman–Crippen MR) is 54.7 cm³/mol. The van der Waals surface area contributed by atoms with Crippen molar-refractivity contribution in [1.29, 1.82) is 0 Å². The Bertz CT molecular complexity index is 151. The Labute approximate surface area is 82.4 Å². The number of nitrogens with zero attached hydrogens (tertiary/aromatic N) is 2. The van der Waals surface area contributed by atoms with E-state index in [1.807, 2.05) is 0 Å². The van der Waals surface area contributed by atoms with Gasteiger partial charge in [0.1, 0.15) is 0 Å². The Kier molecular flexibility index (Phi) is 2.39. The van der Waals surface area contributed by atoms with Gasteiger partial charge in [0.2, 0.25) is 0 Å². The molecule has 2 nitrogen and oxygen atoms in total. The molecular weight excluding hydrogens is 251 g/mol. The van der Waals surface area contributed by atoms with Crippen molar-refractivity contribution >= 4 is 22.9 Å². The van der Waals surface area contributed by atoms with Crippen LogP contribution in [0.4, 0.5) is 0 Å². The highest BCUT2D eigenvalue weighted by atomic mass is 127. The summed E-state index contributed by atoms with van der Waals surface area (Å²) < 4.78 is 2.51. The third-order valence-corrected chi connectivity index (χ3v) is 4.17. The van der Waals surface area contributed by atoms with Crippen LogP contribution in [0.5, 0.6) is 0 Å². The van der Waals surface area contributed by atoms with E-state index in [0.717, 1.165) is 12.0 Å². The van der Waals surface area contributed by atoms with Gasteiger partial charge < -0.3 is 4.90 Å². The molecule has 3 heteroatoms. The molecule has 2 heterocycles. The van der Waals surface area contributed by atoms with Crippen LogP contribution in [-0.4, -0.2) is 40.7 Å². The van der Waals surface area contributed by atoms with Gasteiger partial charge in [0.15, 0.2) is 0 Å². The molecule has 0 N–H and O–H groups in total. The van der Waals surface area contributed by atoms with Gasteiger partial charge in [0.05, 0.1) is 0 Å². The molecule has 0 aliphatic carbocycles. The molecule has 0 amide bonds. The summed E-state index contributed by atoms with van der Waals surface area (Å²) in [5.74, 6) is 0.964. The van der Waals surface area contributed by atoms with Crippen molar-refractivity contribution in [2.45, 2.75) is 18.9 Å². The lowest BCUT2D eigenvalue weighted by molar-refractivity contribution is 0.177. The van der Waals surface area contributed by atoms with E-state index < -0.39 is 0 Å². The maximum atomic E-state index is 2.51. The van der Waals surface area contributed by atoms with Gasteiger partial charge in [0.25, 0.3) is 0 Å². The molecule has 2 atom stereocenters. The molecule has 0 aromatic heterocycles. The van der Waals surface area contributed by atoms with Crippen LogP contribution in [0.1, 0.15) is 12.8 Å². The number of rotatable bonds is 0. The Morgan fingerprint density at radius 3 is 2.91 bits per heavy atom. The second kappa shape index (κ2) is 3.18. The van der Waals surface area contributed by atoms with Crippen molar-refractivity contribution in [2.24, 2.45) is 5.92 Å². The summed E-state index contributed by atoms with van der Waals surface area (Å²) in [4.78, 5) is 2.47. The molecule has 2 aliphatic heterocycles. The molecular formula is C8H15IN2. The fourth-order valence-corrected chi connectivity index (χ4v) is 3.32. The van der Waals surface area contributed by atoms with Crippen LogP contribution in [0, 0.1) is 5.92 Å². The maximum Gasteiger partial charge on any atom is 0.0247 e. The second-order valence-corrected chi connectivity index (χ2v) is 5.03. The molecule has 0 radical (unpaired) electrons. The van der Waals surface area contributed by atoms with Crippen LogP contribution in [-0.2, 0) is 0 Å². The van der Waals surface area contributed by atoms with Gasteiger partial charge in [-0.3, -0.25) is 0 Å². The number of likely N-dealkylation sites (tertiary alicyclic amines) is 1. The highest BCUT2D eigenvalue weighted by Crippen LogP contribution is 2.32. The molecule has 2 rings (SSSR count). The molecule has 2 unspecified atom stereocenters. The fourth-order valence-electron chi connectivity index (χ4n) is 2.31. The number of hydrogen-bond acceptors (Lipinski definition) is 2. The summed E-state index contributed by atoms with van der Waals surface area (Å²) in [5.41, 5.74) is 0. The summed E-state index contributed by atoms with van der Waals surface area (Å²) in [6, 6.07) is 0.895. The van der Waals surface area contributed by atoms with E-state index in [9.17, 15) is 0 Å². The average molecular weight is 266 g/mol. The Balaban J connectivity index is 2.00. The summed E-state index contributed by atoms with van der Waals surface area (Å²) in [5, 5.41) is 0. The van der Waals surface area contributed by atoms with E-state index in [-0.39, 0.29) is 0 Å². The first-order valence-electron chi connectivity index (χ1n) is 4.38. The van der Waals surface area contributed by atoms with E-state index in [0.29, 0.717) is 0 Å². The van der Waals surface area contributed by atoms with Crippen molar-refractivity contribution < 1.29 is 0 Å². The van der Waals surface area contributed by atoms with Crippen LogP contribution in [0.25, 0.3) is 0 Å². The van der Waals surface area contributed by atoms with Gasteiger partial charge in [-0.1, -0.05) is 0 Å². The van der Waals surface area contributed by atoms with Gasteiger partial charge in [-0.25, -0.2) is 3.11 Å². The Morgan fingerprint density at radius 1 is 1.27 bits per heavy atom. The summed E-state index contributed by atoms with van der Waals surface area (Å²) in [6.07, 6.45) is 2.79. The van der Waals surface area contributed by atoms with Gasteiger partial charge in [-0.15, -0.1) is 0 Å². The third-order valence-electron chi connectivity index (χ3n) is 2.97. The van der Waals surface area contributed by atoms with E-state index in [1.54, 1.807) is 0 Å². The summed E-state index contributed by atoms with van der Waals surface area (Å²) in [6.45, 7) is 3.93. The Morgan fingerprint density at radius 2 is 2.09 bits per heavy atom. The van der Waals surface area contributed by atoms with Crippen LogP contribution < -0.4 is 0 Å². The molecule has 2 aliphatic rings. The minimum atomic E-state index is 0.895. The van der Waals surface area contributed by atoms with Crippen LogP contribution in [0.3, 0.4) is 0 Å². The first-order valence-corrected chi connectivity index (χ1v) is 5.35. The first-order chi connectivity index (χ1) is 5.27. The topological polar surface area (TPSA) is 6.48 Å². The zero-order valence-corrected chi connectivity index (χ0v) is 9.12. The third kappa shape index (κ3) is 1.55. The second-order valence-electron chi connectivity index (χ2n) is 3.79. The van der Waals surface area contributed by atoms with E-state index >= 15 is 0 Å². The predicted octanol–water partition coefficient (Wildman–Crippen LogP) is 1.36. The largest absolute Gasteiger partial charge is 0.306 e. The van der Waals surface area contributed by atoms with Crippen molar-refractivity contribution in [3.63, 3.8) is 0 Å². The molecule has 0 aromatic rings. The molecule has 0 spiro atoms. The van der Waals surface area contributed by atoms with Gasteiger partial charge in [0, 0.05) is 42.0 Å². The quantitative estimate of drug-likeness (QED) is 0.482. The fraction of sp³-hybridized carbons (Fsp3) is 1.00. The molecule has 64 valence electrons. The van der Waals surface area contributed by atoms with Crippen LogP contribution in [0.15, 0.2) is 0 Å². The number of halogens is 1. The minimum Gasteiger partial charge on any atom is -0.306 e. The molecule has 0 aromatic carbocycles. The maximum absolute atomic E-state index is 2.51. The lowest BCUT2D eigenvalue weighted by Crippen LogP contribution is -2.41. The monoisotopic (exact) mass is 266 g/mol. The lowest BCUT2D eigenvalue weighted by Gasteiger charge is -2.33. The molecule has 0 bridgehead atoms. The highest BCUT2D eigenvalue weighted by Gasteiger charge is 2.35. The van der Waals surface area contributed by atoms with Gasteiger partial charge in [-0.05, 0) is 32.4 Å². The molecule has 2 fully saturated rings. The zero-order chi connectivity index (χ0) is 7.84. The van der Waals surface area contributed by atoms with Crippen LogP contribution in [0.2, 0.25) is 0 Å². The summed E-state index contributed by atoms with van der Waals surface area (Å²) >= 11 is 2.49. The van der Waals surface area contributed by atoms with Crippen molar-refractivity contribution in [1.82, 2.24) is 8.01 Å². The SMILES string of the molecule is CN1CCC2C(CCN2I)C1. The normalized spacial score (nSPS) is 40.9. The molecule has 11 heavy (non-hydrogen) atoms. The molecule has 2 saturated heterocycles. The minimum absolute atomic E-state index is 0.895. The number of hydrogen-bond donors (Lipinski definition) is 0.